The second-order valence-corrected chi connectivity index (χ2v) is 7.29. The number of nitrogens with zero attached hydrogens (tertiary/aromatic N) is 1. The van der Waals surface area contributed by atoms with Crippen LogP contribution >= 0.6 is 0 Å². The lowest BCUT2D eigenvalue weighted by Gasteiger charge is -2.51. The Morgan fingerprint density at radius 1 is 1.06 bits per heavy atom. The molecule has 2 unspecified atom stereocenters. The van der Waals surface area contributed by atoms with Crippen LogP contribution in [-0.4, -0.2) is 45.9 Å². The number of ether oxygens (including phenoxy) is 1. The van der Waals surface area contributed by atoms with Crippen LogP contribution in [0.2, 0.25) is 0 Å². The molecular formula is C14H27NO2. The van der Waals surface area contributed by atoms with Crippen molar-refractivity contribution in [3.05, 3.63) is 0 Å². The molecule has 0 amide bonds. The molecule has 2 fully saturated rings. The van der Waals surface area contributed by atoms with Gasteiger partial charge in [-0.25, -0.2) is 0 Å². The summed E-state index contributed by atoms with van der Waals surface area (Å²) in [5.41, 5.74) is -0.773. The highest BCUT2D eigenvalue weighted by molar-refractivity contribution is 5.00. The molecule has 100 valence electrons. The zero-order valence-corrected chi connectivity index (χ0v) is 11.9. The fourth-order valence-electron chi connectivity index (χ4n) is 3.77. The van der Waals surface area contributed by atoms with E-state index in [0.717, 1.165) is 32.4 Å². The van der Waals surface area contributed by atoms with Gasteiger partial charge in [0, 0.05) is 19.1 Å². The summed E-state index contributed by atoms with van der Waals surface area (Å²) in [4.78, 5) is 2.44. The van der Waals surface area contributed by atoms with Crippen LogP contribution in [0.15, 0.2) is 0 Å². The lowest BCUT2D eigenvalue weighted by atomic mass is 9.92. The van der Waals surface area contributed by atoms with Gasteiger partial charge in [-0.15, -0.1) is 0 Å². The molecule has 0 aromatic heterocycles. The van der Waals surface area contributed by atoms with Gasteiger partial charge in [0.15, 0.2) is 0 Å². The Kier molecular flexibility index (Phi) is 3.08. The van der Waals surface area contributed by atoms with Crippen LogP contribution in [0, 0.1) is 0 Å². The minimum absolute atomic E-state index is 0.125. The van der Waals surface area contributed by atoms with Gasteiger partial charge >= 0.3 is 0 Å². The molecule has 17 heavy (non-hydrogen) atoms. The van der Waals surface area contributed by atoms with Crippen LogP contribution in [0.3, 0.4) is 0 Å². The van der Waals surface area contributed by atoms with Gasteiger partial charge < -0.3 is 9.84 Å². The zero-order chi connectivity index (χ0) is 12.9. The minimum atomic E-state index is -0.524. The van der Waals surface area contributed by atoms with Gasteiger partial charge in [0.2, 0.25) is 0 Å². The monoisotopic (exact) mass is 241 g/mol. The van der Waals surface area contributed by atoms with Gasteiger partial charge in [0.05, 0.1) is 16.8 Å². The third-order valence-electron chi connectivity index (χ3n) is 4.04. The van der Waals surface area contributed by atoms with E-state index in [1.54, 1.807) is 0 Å². The summed E-state index contributed by atoms with van der Waals surface area (Å²) in [5.74, 6) is 0. The molecule has 1 aliphatic heterocycles. The van der Waals surface area contributed by atoms with Crippen molar-refractivity contribution in [2.75, 3.05) is 13.1 Å². The lowest BCUT2D eigenvalue weighted by molar-refractivity contribution is -0.197. The van der Waals surface area contributed by atoms with Gasteiger partial charge in [-0.2, -0.15) is 0 Å². The maximum absolute atomic E-state index is 10.5. The average Bonchev–Trinajstić information content (AvgIpc) is 2.39. The van der Waals surface area contributed by atoms with Crippen LogP contribution in [0.25, 0.3) is 0 Å². The first-order chi connectivity index (χ1) is 7.61. The van der Waals surface area contributed by atoms with Crippen molar-refractivity contribution in [2.45, 2.75) is 76.7 Å². The molecule has 3 heteroatoms. The summed E-state index contributed by atoms with van der Waals surface area (Å²) in [7, 11) is 0. The van der Waals surface area contributed by atoms with Crippen LogP contribution < -0.4 is 0 Å². The fraction of sp³-hybridized carbons (Fsp3) is 1.00. The number of hydrogen-bond acceptors (Lipinski definition) is 3. The van der Waals surface area contributed by atoms with E-state index in [1.165, 1.54) is 0 Å². The quantitative estimate of drug-likeness (QED) is 0.764. The first kappa shape index (κ1) is 13.3. The van der Waals surface area contributed by atoms with Crippen molar-refractivity contribution >= 4 is 0 Å². The highest BCUT2D eigenvalue weighted by Crippen LogP contribution is 2.38. The molecular weight excluding hydrogens is 214 g/mol. The number of morpholine rings is 1. The molecule has 1 saturated carbocycles. The molecule has 1 saturated heterocycles. The third kappa shape index (κ3) is 2.83. The fourth-order valence-corrected chi connectivity index (χ4v) is 3.77. The van der Waals surface area contributed by atoms with Crippen molar-refractivity contribution in [2.24, 2.45) is 0 Å². The lowest BCUT2D eigenvalue weighted by Crippen LogP contribution is -2.62. The first-order valence-electron chi connectivity index (χ1n) is 6.78. The molecule has 0 aromatic rings. The highest BCUT2D eigenvalue weighted by Gasteiger charge is 2.47. The largest absolute Gasteiger partial charge is 0.389 e. The predicted molar refractivity (Wildman–Crippen MR) is 69.1 cm³/mol. The molecule has 2 rings (SSSR count). The predicted octanol–water partition coefficient (Wildman–Crippen LogP) is 2.18. The van der Waals surface area contributed by atoms with Crippen molar-refractivity contribution in [1.82, 2.24) is 4.90 Å². The summed E-state index contributed by atoms with van der Waals surface area (Å²) >= 11 is 0. The van der Waals surface area contributed by atoms with Gasteiger partial charge in [0.25, 0.3) is 0 Å². The zero-order valence-electron chi connectivity index (χ0n) is 11.9. The summed E-state index contributed by atoms with van der Waals surface area (Å²) in [6, 6.07) is 0.296. The Morgan fingerprint density at radius 3 is 2.00 bits per heavy atom. The molecule has 1 aliphatic carbocycles. The Hall–Kier alpha value is -0.120. The second kappa shape index (κ2) is 3.94. The van der Waals surface area contributed by atoms with Crippen molar-refractivity contribution < 1.29 is 9.84 Å². The Labute approximate surface area is 105 Å². The van der Waals surface area contributed by atoms with Crippen molar-refractivity contribution in [3.8, 4) is 0 Å². The Balaban J connectivity index is 2.16. The van der Waals surface area contributed by atoms with E-state index in [0.29, 0.717) is 6.04 Å². The summed E-state index contributed by atoms with van der Waals surface area (Å²) < 4.78 is 6.10. The molecule has 2 atom stereocenters. The summed E-state index contributed by atoms with van der Waals surface area (Å²) in [6.45, 7) is 12.4. The maximum atomic E-state index is 10.5. The normalized spacial score (nSPS) is 41.6. The Bertz CT molecular complexity index is 281. The molecule has 1 heterocycles. The third-order valence-corrected chi connectivity index (χ3v) is 4.04. The molecule has 0 bridgehead atoms. The van der Waals surface area contributed by atoms with Crippen LogP contribution in [0.5, 0.6) is 0 Å². The average molecular weight is 241 g/mol. The number of hydrogen-bond donors (Lipinski definition) is 1. The summed E-state index contributed by atoms with van der Waals surface area (Å²) in [6.07, 6.45) is 3.17. The molecule has 0 radical (unpaired) electrons. The molecule has 1 N–H and O–H groups in total. The molecule has 3 nitrogen and oxygen atoms in total. The van der Waals surface area contributed by atoms with Crippen LogP contribution in [0.4, 0.5) is 0 Å². The van der Waals surface area contributed by atoms with E-state index in [9.17, 15) is 5.11 Å². The smallest absolute Gasteiger partial charge is 0.0774 e. The van der Waals surface area contributed by atoms with Crippen molar-refractivity contribution in [1.29, 1.82) is 0 Å². The molecule has 0 aromatic carbocycles. The number of rotatable bonds is 1. The maximum Gasteiger partial charge on any atom is 0.0774 e. The molecule has 2 aliphatic rings. The second-order valence-electron chi connectivity index (χ2n) is 7.29. The van der Waals surface area contributed by atoms with Crippen LogP contribution in [0.1, 0.15) is 53.9 Å². The number of aliphatic hydroxyl groups is 1. The van der Waals surface area contributed by atoms with Gasteiger partial charge in [0.1, 0.15) is 0 Å². The van der Waals surface area contributed by atoms with Gasteiger partial charge in [-0.05, 0) is 53.9 Å². The minimum Gasteiger partial charge on any atom is -0.389 e. The SMILES string of the molecule is CC1(C)CN(C2CCCC2(C)O)CC(C)(C)O1. The van der Waals surface area contributed by atoms with Gasteiger partial charge in [-0.1, -0.05) is 0 Å². The Morgan fingerprint density at radius 2 is 1.59 bits per heavy atom. The van der Waals surface area contributed by atoms with E-state index in [1.807, 2.05) is 6.92 Å². The van der Waals surface area contributed by atoms with E-state index >= 15 is 0 Å². The highest BCUT2D eigenvalue weighted by atomic mass is 16.5. The topological polar surface area (TPSA) is 32.7 Å². The van der Waals surface area contributed by atoms with E-state index in [4.69, 9.17) is 4.74 Å². The van der Waals surface area contributed by atoms with E-state index in [-0.39, 0.29) is 11.2 Å². The van der Waals surface area contributed by atoms with Crippen molar-refractivity contribution in [3.63, 3.8) is 0 Å². The van der Waals surface area contributed by atoms with E-state index in [2.05, 4.69) is 32.6 Å². The van der Waals surface area contributed by atoms with Gasteiger partial charge in [-0.3, -0.25) is 4.90 Å². The summed E-state index contributed by atoms with van der Waals surface area (Å²) in [5, 5.41) is 10.5. The standard InChI is InChI=1S/C14H27NO2/c1-12(2)9-15(10-13(3,4)17-12)11-7-6-8-14(11,5)16/h11,16H,6-10H2,1-5H3. The molecule has 0 spiro atoms. The van der Waals surface area contributed by atoms with E-state index < -0.39 is 5.60 Å². The first-order valence-corrected chi connectivity index (χ1v) is 6.78. The van der Waals surface area contributed by atoms with Crippen LogP contribution in [-0.2, 0) is 4.74 Å².